The molecule has 4 heterocycles. The third-order valence-corrected chi connectivity index (χ3v) is 9.16. The van der Waals surface area contributed by atoms with E-state index in [0.29, 0.717) is 17.2 Å². The van der Waals surface area contributed by atoms with Crippen molar-refractivity contribution in [1.82, 2.24) is 24.7 Å². The second-order valence-electron chi connectivity index (χ2n) is 11.8. The molecule has 2 bridgehead atoms. The zero-order valence-electron chi connectivity index (χ0n) is 22.4. The Morgan fingerprint density at radius 3 is 2.76 bits per heavy atom. The highest BCUT2D eigenvalue weighted by molar-refractivity contribution is 5.99. The van der Waals surface area contributed by atoms with Gasteiger partial charge in [0, 0.05) is 43.5 Å². The zero-order chi connectivity index (χ0) is 25.8. The molecule has 1 N–H and O–H groups in total. The van der Waals surface area contributed by atoms with Crippen LogP contribution in [0.2, 0.25) is 0 Å². The number of benzene rings is 1. The molecule has 3 aromatic rings. The molecular weight excluding hydrogens is 465 g/mol. The van der Waals surface area contributed by atoms with Crippen LogP contribution in [0.4, 0.5) is 4.39 Å². The predicted molar refractivity (Wildman–Crippen MR) is 145 cm³/mol. The van der Waals surface area contributed by atoms with Crippen molar-refractivity contribution in [2.45, 2.75) is 52.1 Å². The average Bonchev–Trinajstić information content (AvgIpc) is 3.49. The van der Waals surface area contributed by atoms with Crippen molar-refractivity contribution in [3.05, 3.63) is 59.3 Å². The number of hydrogen-bond acceptors (Lipinski definition) is 4. The lowest BCUT2D eigenvalue weighted by atomic mass is 9.66. The van der Waals surface area contributed by atoms with E-state index in [1.54, 1.807) is 18.0 Å². The number of hydrogen-bond donors (Lipinski definition) is 1. The Morgan fingerprint density at radius 2 is 2.03 bits per heavy atom. The van der Waals surface area contributed by atoms with E-state index < -0.39 is 5.82 Å². The minimum Gasteiger partial charge on any atom is -0.339 e. The number of nitrogens with zero attached hydrogens (tertiary/aromatic N) is 4. The summed E-state index contributed by atoms with van der Waals surface area (Å²) in [6.45, 7) is 10.7. The van der Waals surface area contributed by atoms with E-state index in [1.165, 1.54) is 55.6 Å². The number of likely N-dealkylation sites (tertiary alicyclic amines) is 1. The fraction of sp³-hybridized carbons (Fsp3) is 0.533. The van der Waals surface area contributed by atoms with E-state index >= 15 is 0 Å². The topological polar surface area (TPSA) is 53.4 Å². The fourth-order valence-corrected chi connectivity index (χ4v) is 7.04. The molecule has 2 aliphatic heterocycles. The van der Waals surface area contributed by atoms with Gasteiger partial charge in [-0.15, -0.1) is 0 Å². The van der Waals surface area contributed by atoms with E-state index in [1.807, 2.05) is 26.2 Å². The van der Waals surface area contributed by atoms with Crippen molar-refractivity contribution in [2.75, 3.05) is 33.2 Å². The van der Waals surface area contributed by atoms with Crippen molar-refractivity contribution in [2.24, 2.45) is 17.8 Å². The van der Waals surface area contributed by atoms with Crippen LogP contribution < -0.4 is 5.32 Å². The smallest absolute Gasteiger partial charge is 0.256 e. The molecule has 0 spiro atoms. The van der Waals surface area contributed by atoms with Gasteiger partial charge in [0.2, 0.25) is 0 Å². The molecule has 1 aliphatic carbocycles. The predicted octanol–water partition coefficient (Wildman–Crippen LogP) is 4.43. The summed E-state index contributed by atoms with van der Waals surface area (Å²) in [7, 11) is 1.77. The van der Waals surface area contributed by atoms with Crippen molar-refractivity contribution < 1.29 is 9.18 Å². The van der Waals surface area contributed by atoms with Crippen LogP contribution in [0.15, 0.2) is 36.8 Å². The summed E-state index contributed by atoms with van der Waals surface area (Å²) in [5.41, 5.74) is 4.47. The number of carbonyl (C=O) groups excluding carboxylic acids is 1. The molecule has 37 heavy (non-hydrogen) atoms. The summed E-state index contributed by atoms with van der Waals surface area (Å²) in [5.74, 6) is 1.68. The summed E-state index contributed by atoms with van der Waals surface area (Å²) in [6, 6.07) is 5.31. The van der Waals surface area contributed by atoms with Gasteiger partial charge in [-0.05, 0) is 107 Å². The molecule has 7 heteroatoms. The molecule has 1 amide bonds. The molecule has 2 aromatic heterocycles. The standard InChI is InChI=1S/C30H38FN5O/c1-18(2)34(4)30(37)25-11-24(31)5-6-26(25)36-17-23(28-19(3)12-32-15-27(28)36)9-20-7-8-35(16-20)29-21-10-22(29)14-33-13-21/h5-6,11-12,15,17-18,20-22,29,33H,7-10,13-14,16H2,1-4H3/t20-,21?,22?,29?/m0/s1. The van der Waals surface area contributed by atoms with Gasteiger partial charge in [0.15, 0.2) is 0 Å². The van der Waals surface area contributed by atoms with E-state index in [0.717, 1.165) is 41.9 Å². The number of halogens is 1. The lowest BCUT2D eigenvalue weighted by molar-refractivity contribution is -0.0158. The number of rotatable bonds is 6. The van der Waals surface area contributed by atoms with Crippen LogP contribution in [-0.4, -0.2) is 70.6 Å². The van der Waals surface area contributed by atoms with Crippen molar-refractivity contribution in [1.29, 1.82) is 0 Å². The lowest BCUT2D eigenvalue weighted by Gasteiger charge is -2.53. The Bertz CT molecular complexity index is 1320. The van der Waals surface area contributed by atoms with Gasteiger partial charge in [-0.1, -0.05) is 0 Å². The first-order chi connectivity index (χ1) is 17.8. The van der Waals surface area contributed by atoms with Crippen LogP contribution >= 0.6 is 0 Å². The normalized spacial score (nSPS) is 25.6. The zero-order valence-corrected chi connectivity index (χ0v) is 22.4. The Hall–Kier alpha value is -2.77. The number of amides is 1. The first-order valence-corrected chi connectivity index (χ1v) is 13.8. The molecule has 1 aromatic carbocycles. The number of pyridine rings is 1. The molecule has 3 aliphatic rings. The van der Waals surface area contributed by atoms with Crippen LogP contribution in [0.25, 0.3) is 16.6 Å². The number of aryl methyl sites for hydroxylation is 1. The molecule has 6 nitrogen and oxygen atoms in total. The first-order valence-electron chi connectivity index (χ1n) is 13.8. The number of piperidine rings is 2. The Balaban J connectivity index is 1.33. The molecule has 6 rings (SSSR count). The monoisotopic (exact) mass is 503 g/mol. The highest BCUT2D eigenvalue weighted by Crippen LogP contribution is 2.43. The fourth-order valence-electron chi connectivity index (χ4n) is 7.04. The molecule has 0 radical (unpaired) electrons. The second kappa shape index (κ2) is 9.52. The van der Waals surface area contributed by atoms with Crippen molar-refractivity contribution in [3.8, 4) is 5.69 Å². The lowest BCUT2D eigenvalue weighted by Crippen LogP contribution is -2.63. The van der Waals surface area contributed by atoms with Crippen molar-refractivity contribution >= 4 is 16.8 Å². The molecule has 3 atom stereocenters. The van der Waals surface area contributed by atoms with Gasteiger partial charge in [-0.3, -0.25) is 14.7 Å². The van der Waals surface area contributed by atoms with Gasteiger partial charge in [-0.2, -0.15) is 0 Å². The minimum absolute atomic E-state index is 0.0146. The van der Waals surface area contributed by atoms with Gasteiger partial charge >= 0.3 is 0 Å². The maximum absolute atomic E-state index is 14.4. The Morgan fingerprint density at radius 1 is 1.24 bits per heavy atom. The van der Waals surface area contributed by atoms with Gasteiger partial charge in [-0.25, -0.2) is 4.39 Å². The number of carbonyl (C=O) groups is 1. The number of nitrogens with one attached hydrogen (secondary N) is 1. The van der Waals surface area contributed by atoms with E-state index in [9.17, 15) is 9.18 Å². The molecular formula is C30H38FN5O. The number of aromatic nitrogens is 2. The van der Waals surface area contributed by atoms with Gasteiger partial charge in [0.25, 0.3) is 5.91 Å². The summed E-state index contributed by atoms with van der Waals surface area (Å²) in [5, 5.41) is 4.78. The Labute approximate surface area is 218 Å². The van der Waals surface area contributed by atoms with Crippen LogP contribution in [0.1, 0.15) is 48.2 Å². The summed E-state index contributed by atoms with van der Waals surface area (Å²) in [4.78, 5) is 22.3. The molecule has 2 unspecified atom stereocenters. The van der Waals surface area contributed by atoms with Crippen LogP contribution in [-0.2, 0) is 6.42 Å². The van der Waals surface area contributed by atoms with Gasteiger partial charge in [0.1, 0.15) is 5.82 Å². The SMILES string of the molecule is Cc1cncc2c1c(C[C@@H]1CCN(C3C4CNCC3C4)C1)cn2-c1ccc(F)cc1C(=O)N(C)C(C)C. The van der Waals surface area contributed by atoms with E-state index in [2.05, 4.69) is 32.9 Å². The molecule has 3 fully saturated rings. The molecule has 196 valence electrons. The maximum Gasteiger partial charge on any atom is 0.256 e. The quantitative estimate of drug-likeness (QED) is 0.541. The third-order valence-electron chi connectivity index (χ3n) is 9.16. The Kier molecular flexibility index (Phi) is 6.32. The summed E-state index contributed by atoms with van der Waals surface area (Å²) >= 11 is 0. The summed E-state index contributed by atoms with van der Waals surface area (Å²) in [6.07, 6.45) is 9.58. The maximum atomic E-state index is 14.4. The molecule has 2 saturated heterocycles. The summed E-state index contributed by atoms with van der Waals surface area (Å²) < 4.78 is 16.4. The third kappa shape index (κ3) is 4.26. The van der Waals surface area contributed by atoms with E-state index in [4.69, 9.17) is 0 Å². The average molecular weight is 504 g/mol. The minimum atomic E-state index is -0.405. The van der Waals surface area contributed by atoms with Crippen molar-refractivity contribution in [3.63, 3.8) is 0 Å². The van der Waals surface area contributed by atoms with E-state index in [-0.39, 0.29) is 11.9 Å². The van der Waals surface area contributed by atoms with Crippen LogP contribution in [0.3, 0.4) is 0 Å². The highest BCUT2D eigenvalue weighted by Gasteiger charge is 2.48. The number of fused-ring (bicyclic) bond motifs is 3. The molecule has 1 saturated carbocycles. The first kappa shape index (κ1) is 24.6. The second-order valence-corrected chi connectivity index (χ2v) is 11.8. The van der Waals surface area contributed by atoms with Crippen LogP contribution in [0.5, 0.6) is 0 Å². The van der Waals surface area contributed by atoms with Crippen LogP contribution in [0, 0.1) is 30.5 Å². The largest absolute Gasteiger partial charge is 0.339 e. The highest BCUT2D eigenvalue weighted by atomic mass is 19.1. The van der Waals surface area contributed by atoms with Gasteiger partial charge < -0.3 is 14.8 Å². The van der Waals surface area contributed by atoms with Gasteiger partial charge in [0.05, 0.1) is 23.0 Å².